The van der Waals surface area contributed by atoms with Crippen molar-refractivity contribution in [3.8, 4) is 11.5 Å². The van der Waals surface area contributed by atoms with Crippen LogP contribution in [0.4, 0.5) is 5.69 Å². The fraction of sp³-hybridized carbons (Fsp3) is 0.317. The van der Waals surface area contributed by atoms with Gasteiger partial charge in [0.2, 0.25) is 5.91 Å². The Morgan fingerprint density at radius 2 is 1.40 bits per heavy atom. The van der Waals surface area contributed by atoms with E-state index in [4.69, 9.17) is 9.47 Å². The molecule has 0 aliphatic rings. The van der Waals surface area contributed by atoms with Gasteiger partial charge in [-0.25, -0.2) is 9.59 Å². The Hall–Kier alpha value is -5.44. The number of amides is 2. The second kappa shape index (κ2) is 18.9. The van der Waals surface area contributed by atoms with E-state index in [1.165, 1.54) is 24.2 Å². The first-order valence-corrected chi connectivity index (χ1v) is 17.2. The van der Waals surface area contributed by atoms with Gasteiger partial charge in [0.1, 0.15) is 17.5 Å². The summed E-state index contributed by atoms with van der Waals surface area (Å²) in [7, 11) is 0. The number of unbranched alkanes of at least 4 members (excludes halogenated alkanes) is 4. The van der Waals surface area contributed by atoms with Crippen LogP contribution in [0.3, 0.4) is 0 Å². The number of aryl methyl sites for hydroxylation is 1. The maximum absolute atomic E-state index is 13.5. The number of carboxylic acids is 1. The zero-order chi connectivity index (χ0) is 35.9. The van der Waals surface area contributed by atoms with Crippen molar-refractivity contribution in [2.45, 2.75) is 71.8 Å². The highest BCUT2D eigenvalue weighted by molar-refractivity contribution is 5.98. The van der Waals surface area contributed by atoms with Crippen molar-refractivity contribution in [1.29, 1.82) is 0 Å². The van der Waals surface area contributed by atoms with Gasteiger partial charge in [0.15, 0.2) is 0 Å². The highest BCUT2D eigenvalue weighted by Crippen LogP contribution is 2.21. The number of carbonyl (C=O) groups excluding carboxylic acids is 3. The number of hydrogen-bond donors (Lipinski definition) is 2. The molecule has 2 N–H and O–H groups in total. The van der Waals surface area contributed by atoms with Crippen LogP contribution in [0.15, 0.2) is 97.1 Å². The molecule has 0 spiro atoms. The number of carboxylic acid groups (broad SMARTS) is 1. The lowest BCUT2D eigenvalue weighted by Crippen LogP contribution is -2.46. The van der Waals surface area contributed by atoms with E-state index in [-0.39, 0.29) is 25.3 Å². The molecule has 9 nitrogen and oxygen atoms in total. The number of carbonyl (C=O) groups is 4. The predicted octanol–water partition coefficient (Wildman–Crippen LogP) is 7.90. The van der Waals surface area contributed by atoms with Gasteiger partial charge in [0.25, 0.3) is 5.91 Å². The molecule has 9 heteroatoms. The summed E-state index contributed by atoms with van der Waals surface area (Å²) < 4.78 is 11.3. The van der Waals surface area contributed by atoms with E-state index in [1.807, 2.05) is 31.2 Å². The molecular weight excluding hydrogens is 632 g/mol. The Morgan fingerprint density at radius 3 is 2.04 bits per heavy atom. The van der Waals surface area contributed by atoms with Crippen molar-refractivity contribution in [3.63, 3.8) is 0 Å². The van der Waals surface area contributed by atoms with Crippen LogP contribution >= 0.6 is 0 Å². The van der Waals surface area contributed by atoms with Crippen molar-refractivity contribution in [2.24, 2.45) is 0 Å². The average molecular weight is 679 g/mol. The molecule has 4 aromatic carbocycles. The van der Waals surface area contributed by atoms with E-state index in [0.29, 0.717) is 40.5 Å². The van der Waals surface area contributed by atoms with Crippen molar-refractivity contribution < 1.29 is 33.8 Å². The molecule has 4 aromatic rings. The van der Waals surface area contributed by atoms with Crippen LogP contribution in [0.5, 0.6) is 11.5 Å². The van der Waals surface area contributed by atoms with E-state index in [1.54, 1.807) is 79.7 Å². The minimum atomic E-state index is -1.14. The van der Waals surface area contributed by atoms with Gasteiger partial charge in [-0.05, 0) is 97.6 Å². The first-order chi connectivity index (χ1) is 24.2. The number of esters is 1. The largest absolute Gasteiger partial charge is 0.494 e. The highest BCUT2D eigenvalue weighted by Gasteiger charge is 2.29. The van der Waals surface area contributed by atoms with E-state index >= 15 is 0 Å². The van der Waals surface area contributed by atoms with Gasteiger partial charge in [-0.1, -0.05) is 69.0 Å². The molecule has 0 fully saturated rings. The summed E-state index contributed by atoms with van der Waals surface area (Å²) in [5, 5.41) is 13.0. The summed E-state index contributed by atoms with van der Waals surface area (Å²) in [6, 6.07) is 26.3. The minimum Gasteiger partial charge on any atom is -0.494 e. The third-order valence-corrected chi connectivity index (χ3v) is 8.46. The summed E-state index contributed by atoms with van der Waals surface area (Å²) in [4.78, 5) is 52.5. The van der Waals surface area contributed by atoms with Gasteiger partial charge in [-0.2, -0.15) is 0 Å². The number of nitrogens with one attached hydrogen (secondary N) is 1. The predicted molar refractivity (Wildman–Crippen MR) is 194 cm³/mol. The molecule has 0 saturated carbocycles. The molecule has 1 atom stereocenters. The molecule has 0 aromatic heterocycles. The van der Waals surface area contributed by atoms with Crippen molar-refractivity contribution in [2.75, 3.05) is 18.5 Å². The van der Waals surface area contributed by atoms with Gasteiger partial charge in [0, 0.05) is 24.2 Å². The number of benzene rings is 4. The molecule has 2 amide bonds. The number of anilines is 1. The van der Waals surface area contributed by atoms with Crippen molar-refractivity contribution in [1.82, 2.24) is 4.90 Å². The Labute approximate surface area is 294 Å². The summed E-state index contributed by atoms with van der Waals surface area (Å²) in [6.45, 7) is 6.67. The number of likely N-dealkylation sites (N-methyl/N-ethyl adjacent to an activating group) is 1. The normalized spacial score (nSPS) is 11.3. The van der Waals surface area contributed by atoms with Gasteiger partial charge in [-0.15, -0.1) is 0 Å². The lowest BCUT2D eigenvalue weighted by Gasteiger charge is -2.28. The monoisotopic (exact) mass is 678 g/mol. The van der Waals surface area contributed by atoms with Crippen LogP contribution in [0, 0.1) is 6.92 Å². The maximum atomic E-state index is 13.5. The van der Waals surface area contributed by atoms with Gasteiger partial charge in [0.05, 0.1) is 18.6 Å². The highest BCUT2D eigenvalue weighted by atomic mass is 16.5. The molecule has 0 saturated heterocycles. The molecule has 0 unspecified atom stereocenters. The first-order valence-electron chi connectivity index (χ1n) is 17.2. The molecule has 262 valence electrons. The summed E-state index contributed by atoms with van der Waals surface area (Å²) in [6.07, 6.45) is 6.04. The Balaban J connectivity index is 1.31. The average Bonchev–Trinajstić information content (AvgIpc) is 3.11. The van der Waals surface area contributed by atoms with Crippen LogP contribution < -0.4 is 14.8 Å². The fourth-order valence-corrected chi connectivity index (χ4v) is 5.55. The lowest BCUT2D eigenvalue weighted by atomic mass is 10.0. The molecule has 0 radical (unpaired) electrons. The van der Waals surface area contributed by atoms with Gasteiger partial charge < -0.3 is 24.8 Å². The molecule has 0 bridgehead atoms. The number of nitrogens with zero attached hydrogens (tertiary/aromatic N) is 1. The molecular formula is C41H46N2O7. The Bertz CT molecular complexity index is 1720. The second-order valence-electron chi connectivity index (χ2n) is 12.2. The third kappa shape index (κ3) is 11.1. The smallest absolute Gasteiger partial charge is 0.343 e. The lowest BCUT2D eigenvalue weighted by molar-refractivity contribution is -0.142. The molecule has 0 heterocycles. The van der Waals surface area contributed by atoms with Gasteiger partial charge >= 0.3 is 11.9 Å². The fourth-order valence-electron chi connectivity index (χ4n) is 5.55. The van der Waals surface area contributed by atoms with Crippen LogP contribution in [-0.2, 0) is 22.4 Å². The molecule has 50 heavy (non-hydrogen) atoms. The molecule has 0 aliphatic heterocycles. The zero-order valence-electron chi connectivity index (χ0n) is 29.0. The maximum Gasteiger partial charge on any atom is 0.343 e. The van der Waals surface area contributed by atoms with E-state index in [0.717, 1.165) is 24.0 Å². The van der Waals surface area contributed by atoms with E-state index in [2.05, 4.69) is 12.2 Å². The molecule has 0 aliphatic carbocycles. The van der Waals surface area contributed by atoms with Crippen LogP contribution in [0.1, 0.15) is 83.4 Å². The number of aliphatic carboxylic acids is 1. The molecule has 4 rings (SSSR count). The van der Waals surface area contributed by atoms with Crippen LogP contribution in [-0.4, -0.2) is 53.0 Å². The first kappa shape index (κ1) is 37.4. The van der Waals surface area contributed by atoms with Crippen molar-refractivity contribution in [3.05, 3.63) is 125 Å². The van der Waals surface area contributed by atoms with E-state index < -0.39 is 23.9 Å². The number of ether oxygens (including phenoxy) is 2. The third-order valence-electron chi connectivity index (χ3n) is 8.46. The topological polar surface area (TPSA) is 122 Å². The summed E-state index contributed by atoms with van der Waals surface area (Å²) >= 11 is 0. The number of rotatable bonds is 18. The standard InChI is InChI=1S/C41H46N2O7/c1-4-6-7-8-11-26-49-35-24-18-32(19-25-35)41(48)50-36-22-14-30(15-23-36)27-37(40(46)47)43(5-2)39(45)31-16-20-34(21-17-31)42-38(44)28-33-13-10-9-12-29(33)3/h9-10,12-25,37H,4-8,11,26-28H2,1-3H3,(H,42,44)(H,46,47)/t37-/m0/s1. The van der Waals surface area contributed by atoms with Gasteiger partial charge in [-0.3, -0.25) is 9.59 Å². The summed E-state index contributed by atoms with van der Waals surface area (Å²) in [5.41, 5.74) is 3.84. The Morgan fingerprint density at radius 1 is 0.760 bits per heavy atom. The number of hydrogen-bond acceptors (Lipinski definition) is 6. The minimum absolute atomic E-state index is 0.0518. The van der Waals surface area contributed by atoms with Crippen LogP contribution in [0.2, 0.25) is 0 Å². The van der Waals surface area contributed by atoms with Crippen molar-refractivity contribution >= 4 is 29.4 Å². The SMILES string of the molecule is CCCCCCCOc1ccc(C(=O)Oc2ccc(C[C@@H](C(=O)O)N(CC)C(=O)c3ccc(NC(=O)Cc4ccccc4C)cc3)cc2)cc1. The quantitative estimate of drug-likeness (QED) is 0.0623. The Kier molecular flexibility index (Phi) is 14.2. The van der Waals surface area contributed by atoms with E-state index in [9.17, 15) is 24.3 Å². The zero-order valence-corrected chi connectivity index (χ0v) is 29.0. The summed E-state index contributed by atoms with van der Waals surface area (Å²) in [5.74, 6) is -1.27. The second-order valence-corrected chi connectivity index (χ2v) is 12.2. The van der Waals surface area contributed by atoms with Crippen LogP contribution in [0.25, 0.3) is 0 Å².